The molecule has 1 aromatic carbocycles. The van der Waals surface area contributed by atoms with Gasteiger partial charge in [0.15, 0.2) is 0 Å². The molecular formula is C16H23BrFN. The van der Waals surface area contributed by atoms with Crippen LogP contribution in [0.15, 0.2) is 22.7 Å². The van der Waals surface area contributed by atoms with Gasteiger partial charge in [0.1, 0.15) is 5.82 Å². The number of hydrogen-bond acceptors (Lipinski definition) is 1. The Labute approximate surface area is 124 Å². The zero-order valence-corrected chi connectivity index (χ0v) is 13.3. The van der Waals surface area contributed by atoms with Crippen molar-refractivity contribution in [3.8, 4) is 0 Å². The number of benzene rings is 1. The van der Waals surface area contributed by atoms with Crippen molar-refractivity contribution in [3.05, 3.63) is 34.1 Å². The average Bonchev–Trinajstić information content (AvgIpc) is 2.40. The molecule has 1 aromatic rings. The molecule has 0 aliphatic heterocycles. The predicted molar refractivity (Wildman–Crippen MR) is 81.6 cm³/mol. The maximum atomic E-state index is 14.1. The monoisotopic (exact) mass is 327 g/mol. The van der Waals surface area contributed by atoms with E-state index >= 15 is 0 Å². The Balaban J connectivity index is 2.21. The summed E-state index contributed by atoms with van der Waals surface area (Å²) in [5.74, 6) is 1.29. The van der Waals surface area contributed by atoms with Crippen LogP contribution >= 0.6 is 15.9 Å². The molecule has 1 fully saturated rings. The summed E-state index contributed by atoms with van der Waals surface area (Å²) in [5.41, 5.74) is 0.816. The van der Waals surface area contributed by atoms with E-state index in [9.17, 15) is 4.39 Å². The lowest BCUT2D eigenvalue weighted by Gasteiger charge is -2.33. The van der Waals surface area contributed by atoms with Crippen LogP contribution in [0, 0.1) is 17.7 Å². The summed E-state index contributed by atoms with van der Waals surface area (Å²) in [6, 6.07) is 5.41. The van der Waals surface area contributed by atoms with Crippen molar-refractivity contribution in [1.82, 2.24) is 5.32 Å². The Morgan fingerprint density at radius 1 is 1.32 bits per heavy atom. The first-order chi connectivity index (χ1) is 9.11. The molecule has 106 valence electrons. The summed E-state index contributed by atoms with van der Waals surface area (Å²) in [6.07, 6.45) is 4.93. The number of rotatable bonds is 4. The van der Waals surface area contributed by atoms with Crippen LogP contribution in [0.25, 0.3) is 0 Å². The van der Waals surface area contributed by atoms with Crippen LogP contribution in [0.4, 0.5) is 4.39 Å². The van der Waals surface area contributed by atoms with Gasteiger partial charge in [-0.2, -0.15) is 0 Å². The van der Waals surface area contributed by atoms with Crippen LogP contribution < -0.4 is 5.32 Å². The van der Waals surface area contributed by atoms with Crippen LogP contribution in [0.1, 0.15) is 51.1 Å². The van der Waals surface area contributed by atoms with Crippen molar-refractivity contribution in [3.63, 3.8) is 0 Å². The zero-order chi connectivity index (χ0) is 13.8. The van der Waals surface area contributed by atoms with Gasteiger partial charge >= 0.3 is 0 Å². The molecule has 1 atom stereocenters. The third kappa shape index (κ3) is 3.79. The summed E-state index contributed by atoms with van der Waals surface area (Å²) < 4.78 is 15.1. The van der Waals surface area contributed by atoms with Crippen molar-refractivity contribution < 1.29 is 4.39 Å². The quantitative estimate of drug-likeness (QED) is 0.814. The molecule has 0 saturated heterocycles. The molecule has 0 radical (unpaired) electrons. The van der Waals surface area contributed by atoms with E-state index in [0.29, 0.717) is 5.92 Å². The first kappa shape index (κ1) is 15.0. The Hall–Kier alpha value is -0.410. The second-order valence-electron chi connectivity index (χ2n) is 5.72. The molecule has 1 saturated carbocycles. The largest absolute Gasteiger partial charge is 0.310 e. The lowest BCUT2D eigenvalue weighted by Crippen LogP contribution is -2.31. The van der Waals surface area contributed by atoms with Crippen LogP contribution in [0.5, 0.6) is 0 Å². The van der Waals surface area contributed by atoms with Gasteiger partial charge in [0.05, 0.1) is 0 Å². The Kier molecular flexibility index (Phi) is 5.40. The summed E-state index contributed by atoms with van der Waals surface area (Å²) in [4.78, 5) is 0. The highest BCUT2D eigenvalue weighted by molar-refractivity contribution is 9.10. The van der Waals surface area contributed by atoms with Crippen molar-refractivity contribution in [2.75, 3.05) is 6.54 Å². The van der Waals surface area contributed by atoms with Crippen LogP contribution in [-0.2, 0) is 0 Å². The molecule has 0 spiro atoms. The molecule has 1 aliphatic carbocycles. The molecule has 0 aromatic heterocycles. The molecule has 3 heteroatoms. The number of hydrogen-bond donors (Lipinski definition) is 1. The molecule has 19 heavy (non-hydrogen) atoms. The van der Waals surface area contributed by atoms with E-state index in [0.717, 1.165) is 22.5 Å². The Morgan fingerprint density at radius 3 is 2.63 bits per heavy atom. The number of halogens is 2. The second kappa shape index (κ2) is 6.85. The normalized spacial score (nSPS) is 25.3. The van der Waals surface area contributed by atoms with Gasteiger partial charge in [-0.15, -0.1) is 0 Å². The zero-order valence-electron chi connectivity index (χ0n) is 11.8. The first-order valence-electron chi connectivity index (χ1n) is 7.30. The molecule has 1 unspecified atom stereocenters. The van der Waals surface area contributed by atoms with Crippen molar-refractivity contribution >= 4 is 15.9 Å². The Bertz CT molecular complexity index is 413. The fourth-order valence-corrected chi connectivity index (χ4v) is 3.50. The molecule has 1 N–H and O–H groups in total. The van der Waals surface area contributed by atoms with Gasteiger partial charge in [-0.1, -0.05) is 42.6 Å². The SMILES string of the molecule is CCNC(c1cc(Br)ccc1F)C1CCC(C)CC1. The highest BCUT2D eigenvalue weighted by atomic mass is 79.9. The molecule has 1 aliphatic rings. The van der Waals surface area contributed by atoms with Crippen LogP contribution in [0.3, 0.4) is 0 Å². The van der Waals surface area contributed by atoms with Gasteiger partial charge in [-0.3, -0.25) is 0 Å². The smallest absolute Gasteiger partial charge is 0.128 e. The van der Waals surface area contributed by atoms with Crippen molar-refractivity contribution in [2.45, 2.75) is 45.6 Å². The van der Waals surface area contributed by atoms with Gasteiger partial charge in [0.25, 0.3) is 0 Å². The van der Waals surface area contributed by atoms with Crippen LogP contribution in [0.2, 0.25) is 0 Å². The average molecular weight is 328 g/mol. The first-order valence-corrected chi connectivity index (χ1v) is 8.09. The second-order valence-corrected chi connectivity index (χ2v) is 6.64. The third-order valence-electron chi connectivity index (χ3n) is 4.25. The van der Waals surface area contributed by atoms with Gasteiger partial charge < -0.3 is 5.32 Å². The van der Waals surface area contributed by atoms with Gasteiger partial charge in [-0.05, 0) is 49.4 Å². The maximum absolute atomic E-state index is 14.1. The topological polar surface area (TPSA) is 12.0 Å². The molecule has 0 heterocycles. The lowest BCUT2D eigenvalue weighted by molar-refractivity contribution is 0.230. The van der Waals surface area contributed by atoms with Gasteiger partial charge in [-0.25, -0.2) is 4.39 Å². The predicted octanol–water partition coefficient (Wildman–Crippen LogP) is 5.07. The molecular weight excluding hydrogens is 305 g/mol. The third-order valence-corrected chi connectivity index (χ3v) is 4.74. The van der Waals surface area contributed by atoms with Crippen molar-refractivity contribution in [1.29, 1.82) is 0 Å². The molecule has 2 rings (SSSR count). The van der Waals surface area contributed by atoms with Crippen molar-refractivity contribution in [2.24, 2.45) is 11.8 Å². The minimum atomic E-state index is -0.0900. The standard InChI is InChI=1S/C16H23BrFN/c1-3-19-16(12-6-4-11(2)5-7-12)14-10-13(17)8-9-15(14)18/h8-12,16,19H,3-7H2,1-2H3. The fraction of sp³-hybridized carbons (Fsp3) is 0.625. The number of nitrogens with one attached hydrogen (secondary N) is 1. The minimum absolute atomic E-state index is 0.0900. The van der Waals surface area contributed by atoms with Crippen LogP contribution in [-0.4, -0.2) is 6.54 Å². The fourth-order valence-electron chi connectivity index (χ4n) is 3.12. The highest BCUT2D eigenvalue weighted by Crippen LogP contribution is 2.38. The van der Waals surface area contributed by atoms with E-state index in [1.54, 1.807) is 12.1 Å². The van der Waals surface area contributed by atoms with E-state index in [-0.39, 0.29) is 11.9 Å². The molecule has 0 amide bonds. The Morgan fingerprint density at radius 2 is 2.00 bits per heavy atom. The van der Waals surface area contributed by atoms with Gasteiger partial charge in [0.2, 0.25) is 0 Å². The van der Waals surface area contributed by atoms with E-state index in [1.165, 1.54) is 25.7 Å². The van der Waals surface area contributed by atoms with Gasteiger partial charge in [0, 0.05) is 16.1 Å². The summed E-state index contributed by atoms with van der Waals surface area (Å²) in [6.45, 7) is 5.29. The molecule has 0 bridgehead atoms. The minimum Gasteiger partial charge on any atom is -0.310 e. The van der Waals surface area contributed by atoms with E-state index in [1.807, 2.05) is 6.07 Å². The highest BCUT2D eigenvalue weighted by Gasteiger charge is 2.28. The lowest BCUT2D eigenvalue weighted by atomic mass is 9.77. The van der Waals surface area contributed by atoms with E-state index in [2.05, 4.69) is 35.1 Å². The molecule has 1 nitrogen and oxygen atoms in total. The van der Waals surface area contributed by atoms with E-state index < -0.39 is 0 Å². The van der Waals surface area contributed by atoms with E-state index in [4.69, 9.17) is 0 Å². The summed E-state index contributed by atoms with van der Waals surface area (Å²) in [7, 11) is 0. The summed E-state index contributed by atoms with van der Waals surface area (Å²) >= 11 is 3.45. The summed E-state index contributed by atoms with van der Waals surface area (Å²) in [5, 5.41) is 3.49. The maximum Gasteiger partial charge on any atom is 0.128 e.